The molecule has 0 saturated carbocycles. The minimum Gasteiger partial charge on any atom is -0.387 e. The largest absolute Gasteiger partial charge is 0.387 e. The van der Waals surface area contributed by atoms with Crippen LogP contribution in [0.2, 0.25) is 0 Å². The standard InChI is InChI=1S/C6H11NO6/c7-5(11)4-2(9)1(8)3(10)6(12)13-4/h1-4,6,8-10,12H,(H2,7,11)/t1-,2-,3-,4+,6+/m0/s1. The van der Waals surface area contributed by atoms with Crippen LogP contribution in [-0.4, -0.2) is 57.0 Å². The predicted molar refractivity (Wildman–Crippen MR) is 38.1 cm³/mol. The molecule has 0 spiro atoms. The quantitative estimate of drug-likeness (QED) is 0.291. The van der Waals surface area contributed by atoms with Crippen LogP contribution in [0.15, 0.2) is 0 Å². The highest BCUT2D eigenvalue weighted by Gasteiger charge is 2.45. The van der Waals surface area contributed by atoms with E-state index >= 15 is 0 Å². The van der Waals surface area contributed by atoms with Gasteiger partial charge in [0.05, 0.1) is 0 Å². The predicted octanol–water partition coefficient (Wildman–Crippen LogP) is -3.73. The van der Waals surface area contributed by atoms with Gasteiger partial charge in [0.15, 0.2) is 12.4 Å². The molecule has 13 heavy (non-hydrogen) atoms. The molecule has 0 bridgehead atoms. The number of carbonyl (C=O) groups is 1. The van der Waals surface area contributed by atoms with Crippen molar-refractivity contribution in [2.75, 3.05) is 0 Å². The first-order valence-electron chi connectivity index (χ1n) is 3.62. The Kier molecular flexibility index (Phi) is 2.84. The topological polar surface area (TPSA) is 133 Å². The third-order valence-corrected chi connectivity index (χ3v) is 1.87. The van der Waals surface area contributed by atoms with Gasteiger partial charge in [-0.1, -0.05) is 0 Å². The van der Waals surface area contributed by atoms with Crippen molar-refractivity contribution in [1.82, 2.24) is 0 Å². The molecule has 0 unspecified atom stereocenters. The second-order valence-corrected chi connectivity index (χ2v) is 2.82. The average molecular weight is 193 g/mol. The summed E-state index contributed by atoms with van der Waals surface area (Å²) in [6.45, 7) is 0. The molecular weight excluding hydrogens is 182 g/mol. The van der Waals surface area contributed by atoms with Gasteiger partial charge in [-0.25, -0.2) is 0 Å². The Morgan fingerprint density at radius 3 is 2.08 bits per heavy atom. The van der Waals surface area contributed by atoms with Crippen molar-refractivity contribution in [3.8, 4) is 0 Å². The summed E-state index contributed by atoms with van der Waals surface area (Å²) in [5.74, 6) is -1.02. The molecule has 76 valence electrons. The van der Waals surface area contributed by atoms with Gasteiger partial charge in [-0.2, -0.15) is 0 Å². The van der Waals surface area contributed by atoms with Crippen LogP contribution in [0.4, 0.5) is 0 Å². The number of nitrogens with two attached hydrogens (primary N) is 1. The molecule has 0 radical (unpaired) electrons. The SMILES string of the molecule is NC(=O)[C@@H]1O[C@@H](O)[C@@H](O)[C@@H](O)[C@@H]1O. The number of aliphatic hydroxyl groups is 4. The molecule has 0 aromatic rings. The average Bonchev–Trinajstić information content (AvgIpc) is 2.07. The highest BCUT2D eigenvalue weighted by molar-refractivity contribution is 5.79. The molecule has 1 heterocycles. The molecule has 6 N–H and O–H groups in total. The molecule has 1 aliphatic heterocycles. The minimum absolute atomic E-state index is 1.02. The maximum absolute atomic E-state index is 10.6. The van der Waals surface area contributed by atoms with Gasteiger partial charge in [-0.05, 0) is 0 Å². The first-order valence-corrected chi connectivity index (χ1v) is 3.62. The van der Waals surface area contributed by atoms with Gasteiger partial charge in [0.25, 0.3) is 0 Å². The first kappa shape index (κ1) is 10.4. The van der Waals surface area contributed by atoms with Gasteiger partial charge in [0, 0.05) is 0 Å². The highest BCUT2D eigenvalue weighted by atomic mass is 16.6. The van der Waals surface area contributed by atoms with E-state index in [4.69, 9.17) is 26.2 Å². The van der Waals surface area contributed by atoms with E-state index in [1.165, 1.54) is 0 Å². The van der Waals surface area contributed by atoms with E-state index in [-0.39, 0.29) is 0 Å². The summed E-state index contributed by atoms with van der Waals surface area (Å²) in [4.78, 5) is 10.6. The number of rotatable bonds is 1. The van der Waals surface area contributed by atoms with Crippen LogP contribution in [0.25, 0.3) is 0 Å². The number of primary amides is 1. The molecule has 0 aromatic carbocycles. The van der Waals surface area contributed by atoms with E-state index in [2.05, 4.69) is 4.74 Å². The third kappa shape index (κ3) is 1.79. The summed E-state index contributed by atoms with van der Waals surface area (Å²) >= 11 is 0. The van der Waals surface area contributed by atoms with Gasteiger partial charge < -0.3 is 30.9 Å². The van der Waals surface area contributed by atoms with Gasteiger partial charge in [-0.3, -0.25) is 4.79 Å². The second kappa shape index (κ2) is 3.56. The molecule has 7 nitrogen and oxygen atoms in total. The fourth-order valence-corrected chi connectivity index (χ4v) is 1.10. The lowest BCUT2D eigenvalue weighted by Crippen LogP contribution is -2.60. The van der Waals surface area contributed by atoms with Crippen LogP contribution in [-0.2, 0) is 9.53 Å². The maximum Gasteiger partial charge on any atom is 0.249 e. The fraction of sp³-hybridized carbons (Fsp3) is 0.833. The normalized spacial score (nSPS) is 46.0. The van der Waals surface area contributed by atoms with E-state index in [0.717, 1.165) is 0 Å². The lowest BCUT2D eigenvalue weighted by molar-refractivity contribution is -0.275. The number of hydrogen-bond acceptors (Lipinski definition) is 6. The maximum atomic E-state index is 10.6. The molecule has 5 atom stereocenters. The molecule has 1 aliphatic rings. The molecular formula is C6H11NO6. The van der Waals surface area contributed by atoms with Crippen molar-refractivity contribution in [3.63, 3.8) is 0 Å². The smallest absolute Gasteiger partial charge is 0.249 e. The zero-order valence-electron chi connectivity index (χ0n) is 6.57. The van der Waals surface area contributed by atoms with Gasteiger partial charge in [0.1, 0.15) is 18.3 Å². The zero-order valence-corrected chi connectivity index (χ0v) is 6.57. The van der Waals surface area contributed by atoms with E-state index < -0.39 is 36.6 Å². The van der Waals surface area contributed by atoms with E-state index in [0.29, 0.717) is 0 Å². The monoisotopic (exact) mass is 193 g/mol. The van der Waals surface area contributed by atoms with Crippen molar-refractivity contribution >= 4 is 5.91 Å². The zero-order chi connectivity index (χ0) is 10.2. The van der Waals surface area contributed by atoms with Crippen LogP contribution in [0.3, 0.4) is 0 Å². The van der Waals surface area contributed by atoms with Crippen LogP contribution < -0.4 is 5.73 Å². The Bertz CT molecular complexity index is 209. The molecule has 0 aromatic heterocycles. The highest BCUT2D eigenvalue weighted by Crippen LogP contribution is 2.19. The second-order valence-electron chi connectivity index (χ2n) is 2.82. The summed E-state index contributed by atoms with van der Waals surface area (Å²) in [5.41, 5.74) is 4.80. The van der Waals surface area contributed by atoms with Crippen LogP contribution in [0, 0.1) is 0 Å². The lowest BCUT2D eigenvalue weighted by atomic mass is 9.99. The molecule has 1 amide bonds. The van der Waals surface area contributed by atoms with E-state index in [1.807, 2.05) is 0 Å². The molecule has 7 heteroatoms. The van der Waals surface area contributed by atoms with Crippen molar-refractivity contribution in [2.24, 2.45) is 5.73 Å². The Hall–Kier alpha value is -0.730. The number of carbonyl (C=O) groups excluding carboxylic acids is 1. The van der Waals surface area contributed by atoms with Crippen LogP contribution >= 0.6 is 0 Å². The first-order chi connectivity index (χ1) is 5.95. The Morgan fingerprint density at radius 2 is 1.62 bits per heavy atom. The summed E-state index contributed by atoms with van der Waals surface area (Å²) in [6.07, 6.45) is -8.16. The van der Waals surface area contributed by atoms with Crippen molar-refractivity contribution < 1.29 is 30.0 Å². The van der Waals surface area contributed by atoms with Crippen molar-refractivity contribution in [2.45, 2.75) is 30.7 Å². The number of aliphatic hydroxyl groups excluding tert-OH is 4. The summed E-state index contributed by atoms with van der Waals surface area (Å²) in [7, 11) is 0. The van der Waals surface area contributed by atoms with E-state index in [1.54, 1.807) is 0 Å². The minimum atomic E-state index is -1.73. The van der Waals surface area contributed by atoms with Gasteiger partial charge in [0.2, 0.25) is 5.91 Å². The Balaban J connectivity index is 2.76. The number of hydrogen-bond donors (Lipinski definition) is 5. The Labute approximate surface area is 73.4 Å². The molecule has 1 saturated heterocycles. The number of amides is 1. The summed E-state index contributed by atoms with van der Waals surface area (Å²) in [5, 5.41) is 36.2. The van der Waals surface area contributed by atoms with Gasteiger partial charge in [-0.15, -0.1) is 0 Å². The van der Waals surface area contributed by atoms with Gasteiger partial charge >= 0.3 is 0 Å². The Morgan fingerprint density at radius 1 is 1.08 bits per heavy atom. The third-order valence-electron chi connectivity index (χ3n) is 1.87. The number of ether oxygens (including phenoxy) is 1. The fourth-order valence-electron chi connectivity index (χ4n) is 1.10. The van der Waals surface area contributed by atoms with Crippen molar-refractivity contribution in [1.29, 1.82) is 0 Å². The van der Waals surface area contributed by atoms with Crippen molar-refractivity contribution in [3.05, 3.63) is 0 Å². The van der Waals surface area contributed by atoms with Crippen LogP contribution in [0.5, 0.6) is 0 Å². The van der Waals surface area contributed by atoms with E-state index in [9.17, 15) is 4.79 Å². The molecule has 1 fully saturated rings. The lowest BCUT2D eigenvalue weighted by Gasteiger charge is -2.36. The summed E-state index contributed by atoms with van der Waals surface area (Å²) in [6, 6.07) is 0. The summed E-state index contributed by atoms with van der Waals surface area (Å²) < 4.78 is 4.46. The van der Waals surface area contributed by atoms with Crippen LogP contribution in [0.1, 0.15) is 0 Å². The molecule has 0 aliphatic carbocycles. The molecule has 1 rings (SSSR count).